The van der Waals surface area contributed by atoms with Gasteiger partial charge in [-0.25, -0.2) is 15.0 Å². The summed E-state index contributed by atoms with van der Waals surface area (Å²) >= 11 is 3.18. The lowest BCUT2D eigenvalue weighted by molar-refractivity contribution is 1.09. The molecule has 3 heterocycles. The zero-order chi connectivity index (χ0) is 12.7. The van der Waals surface area contributed by atoms with Gasteiger partial charge in [0.25, 0.3) is 0 Å². The summed E-state index contributed by atoms with van der Waals surface area (Å²) in [6, 6.07) is 8.09. The van der Waals surface area contributed by atoms with Crippen LogP contribution in [0.15, 0.2) is 36.0 Å². The molecule has 0 spiro atoms. The molecule has 0 atom stereocenters. The van der Waals surface area contributed by atoms with Crippen molar-refractivity contribution in [3.63, 3.8) is 0 Å². The number of aromatic nitrogens is 5. The second-order valence-electron chi connectivity index (χ2n) is 3.86. The Morgan fingerprint density at radius 1 is 1.05 bits per heavy atom. The fourth-order valence-corrected chi connectivity index (χ4v) is 3.52. The van der Waals surface area contributed by atoms with Crippen LogP contribution in [-0.2, 0) is 0 Å². The van der Waals surface area contributed by atoms with Gasteiger partial charge in [0.2, 0.25) is 0 Å². The first-order valence-electron chi connectivity index (χ1n) is 5.57. The summed E-state index contributed by atoms with van der Waals surface area (Å²) in [6.07, 6.45) is 1.48. The highest BCUT2D eigenvalue weighted by Gasteiger charge is 2.12. The van der Waals surface area contributed by atoms with Crippen LogP contribution in [0.4, 0.5) is 0 Å². The summed E-state index contributed by atoms with van der Waals surface area (Å²) in [6.45, 7) is 0. The maximum absolute atomic E-state index is 4.59. The van der Waals surface area contributed by atoms with Crippen LogP contribution < -0.4 is 0 Å². The number of benzene rings is 1. The summed E-state index contributed by atoms with van der Waals surface area (Å²) < 4.78 is 1.17. The Labute approximate surface area is 116 Å². The number of thiazole rings is 2. The monoisotopic (exact) mass is 285 g/mol. The molecule has 0 saturated heterocycles. The molecule has 4 rings (SSSR count). The molecule has 4 aromatic rings. The van der Waals surface area contributed by atoms with E-state index in [1.165, 1.54) is 22.4 Å². The van der Waals surface area contributed by atoms with Crippen molar-refractivity contribution in [2.75, 3.05) is 0 Å². The molecule has 0 aliphatic carbocycles. The number of para-hydroxylation sites is 1. The Morgan fingerprint density at radius 3 is 2.84 bits per heavy atom. The van der Waals surface area contributed by atoms with Gasteiger partial charge in [0.05, 0.1) is 10.2 Å². The lowest BCUT2D eigenvalue weighted by Gasteiger charge is -1.87. The molecule has 0 fully saturated rings. The molecular weight excluding hydrogens is 278 g/mol. The first kappa shape index (κ1) is 10.8. The van der Waals surface area contributed by atoms with Crippen molar-refractivity contribution >= 4 is 32.9 Å². The maximum atomic E-state index is 4.59. The highest BCUT2D eigenvalue weighted by Crippen LogP contribution is 2.32. The Kier molecular flexibility index (Phi) is 2.39. The minimum absolute atomic E-state index is 0.692. The normalized spacial score (nSPS) is 11.2. The molecule has 0 aliphatic heterocycles. The van der Waals surface area contributed by atoms with Crippen molar-refractivity contribution in [1.82, 2.24) is 25.1 Å². The topological polar surface area (TPSA) is 67.3 Å². The van der Waals surface area contributed by atoms with Crippen LogP contribution >= 0.6 is 22.7 Å². The van der Waals surface area contributed by atoms with Gasteiger partial charge in [-0.2, -0.15) is 5.10 Å². The van der Waals surface area contributed by atoms with Crippen molar-refractivity contribution < 1.29 is 0 Å². The molecule has 0 unspecified atom stereocenters. The lowest BCUT2D eigenvalue weighted by Crippen LogP contribution is -1.80. The summed E-state index contributed by atoms with van der Waals surface area (Å²) in [5.74, 6) is 0.692. The molecule has 0 amide bonds. The third-order valence-corrected chi connectivity index (χ3v) is 4.54. The molecule has 1 aromatic carbocycles. The van der Waals surface area contributed by atoms with Crippen LogP contribution in [0.5, 0.6) is 0 Å². The zero-order valence-corrected chi connectivity index (χ0v) is 11.2. The van der Waals surface area contributed by atoms with Gasteiger partial charge in [0.1, 0.15) is 17.0 Å². The SMILES string of the molecule is c1ccc2sc(-c3csc(-c4ncn[nH]4)n3)nc2c1. The number of fused-ring (bicyclic) bond motifs is 1. The molecule has 1 N–H and O–H groups in total. The molecule has 92 valence electrons. The Balaban J connectivity index is 1.80. The molecule has 0 saturated carbocycles. The average molecular weight is 285 g/mol. The van der Waals surface area contributed by atoms with Gasteiger partial charge in [-0.1, -0.05) is 12.1 Å². The Hall–Kier alpha value is -2.12. The smallest absolute Gasteiger partial charge is 0.184 e. The quantitative estimate of drug-likeness (QED) is 0.614. The van der Waals surface area contributed by atoms with E-state index in [1.54, 1.807) is 11.3 Å². The summed E-state index contributed by atoms with van der Waals surface area (Å²) in [5, 5.41) is 10.4. The van der Waals surface area contributed by atoms with Crippen molar-refractivity contribution in [3.8, 4) is 21.5 Å². The van der Waals surface area contributed by atoms with E-state index >= 15 is 0 Å². The van der Waals surface area contributed by atoms with E-state index in [4.69, 9.17) is 0 Å². The minimum Gasteiger partial charge on any atom is -0.257 e. The third-order valence-electron chi connectivity index (χ3n) is 2.63. The molecule has 19 heavy (non-hydrogen) atoms. The predicted molar refractivity (Wildman–Crippen MR) is 76.1 cm³/mol. The van der Waals surface area contributed by atoms with Crippen LogP contribution in [0.2, 0.25) is 0 Å². The van der Waals surface area contributed by atoms with E-state index in [9.17, 15) is 0 Å². The van der Waals surface area contributed by atoms with Crippen LogP contribution in [-0.4, -0.2) is 25.1 Å². The highest BCUT2D eigenvalue weighted by molar-refractivity contribution is 7.22. The van der Waals surface area contributed by atoms with Crippen molar-refractivity contribution in [2.24, 2.45) is 0 Å². The first-order chi connectivity index (χ1) is 9.40. The van der Waals surface area contributed by atoms with Gasteiger partial charge in [-0.15, -0.1) is 22.7 Å². The number of hydrogen-bond donors (Lipinski definition) is 1. The molecule has 0 radical (unpaired) electrons. The predicted octanol–water partition coefficient (Wildman–Crippen LogP) is 3.20. The van der Waals surface area contributed by atoms with E-state index in [0.717, 1.165) is 21.2 Å². The maximum Gasteiger partial charge on any atom is 0.184 e. The number of hydrogen-bond acceptors (Lipinski definition) is 6. The molecule has 3 aromatic heterocycles. The second kappa shape index (κ2) is 4.22. The van der Waals surface area contributed by atoms with Gasteiger partial charge >= 0.3 is 0 Å². The summed E-state index contributed by atoms with van der Waals surface area (Å²) in [4.78, 5) is 13.2. The summed E-state index contributed by atoms with van der Waals surface area (Å²) in [7, 11) is 0. The van der Waals surface area contributed by atoms with Crippen LogP contribution in [0.3, 0.4) is 0 Å². The highest BCUT2D eigenvalue weighted by atomic mass is 32.1. The minimum atomic E-state index is 0.692. The largest absolute Gasteiger partial charge is 0.257 e. The molecule has 0 aliphatic rings. The van der Waals surface area contributed by atoms with Gasteiger partial charge in [-0.3, -0.25) is 5.10 Å². The van der Waals surface area contributed by atoms with Gasteiger partial charge in [0, 0.05) is 5.38 Å². The molecule has 5 nitrogen and oxygen atoms in total. The number of H-pyrrole nitrogens is 1. The molecule has 7 heteroatoms. The number of rotatable bonds is 2. The Morgan fingerprint density at radius 2 is 2.00 bits per heavy atom. The summed E-state index contributed by atoms with van der Waals surface area (Å²) in [5.41, 5.74) is 1.90. The number of nitrogens with one attached hydrogen (secondary N) is 1. The third kappa shape index (κ3) is 1.83. The standard InChI is InChI=1S/C12H7N5S2/c1-2-4-9-7(3-1)15-11(19-9)8-5-18-12(16-8)10-13-6-14-17-10/h1-6H,(H,13,14,17). The van der Waals surface area contributed by atoms with E-state index < -0.39 is 0 Å². The van der Waals surface area contributed by atoms with Crippen LogP contribution in [0.1, 0.15) is 0 Å². The average Bonchev–Trinajstić information content (AvgIpc) is 3.17. The van der Waals surface area contributed by atoms with E-state index in [-0.39, 0.29) is 0 Å². The fraction of sp³-hybridized carbons (Fsp3) is 0. The second-order valence-corrected chi connectivity index (χ2v) is 5.75. The first-order valence-corrected chi connectivity index (χ1v) is 7.27. The number of aromatic amines is 1. The van der Waals surface area contributed by atoms with Crippen molar-refractivity contribution in [1.29, 1.82) is 0 Å². The van der Waals surface area contributed by atoms with E-state index in [1.807, 2.05) is 23.6 Å². The Bertz CT molecular complexity index is 798. The number of nitrogens with zero attached hydrogens (tertiary/aromatic N) is 4. The lowest BCUT2D eigenvalue weighted by atomic mass is 10.3. The van der Waals surface area contributed by atoms with Gasteiger partial charge in [0.15, 0.2) is 10.8 Å². The molecular formula is C12H7N5S2. The van der Waals surface area contributed by atoms with E-state index in [2.05, 4.69) is 31.2 Å². The fourth-order valence-electron chi connectivity index (χ4n) is 1.77. The van der Waals surface area contributed by atoms with E-state index in [0.29, 0.717) is 5.82 Å². The molecule has 0 bridgehead atoms. The van der Waals surface area contributed by atoms with Gasteiger partial charge < -0.3 is 0 Å². The van der Waals surface area contributed by atoms with Crippen LogP contribution in [0, 0.1) is 0 Å². The van der Waals surface area contributed by atoms with Gasteiger partial charge in [-0.05, 0) is 12.1 Å². The van der Waals surface area contributed by atoms with Crippen LogP contribution in [0.25, 0.3) is 31.8 Å². The van der Waals surface area contributed by atoms with Crippen molar-refractivity contribution in [3.05, 3.63) is 36.0 Å². The van der Waals surface area contributed by atoms with Crippen molar-refractivity contribution in [2.45, 2.75) is 0 Å². The zero-order valence-electron chi connectivity index (χ0n) is 9.57.